The average Bonchev–Trinajstić information content (AvgIpc) is 2.98. The van der Waals surface area contributed by atoms with Gasteiger partial charge in [-0.05, 0) is 40.9 Å². The molecule has 0 bridgehead atoms. The van der Waals surface area contributed by atoms with Crippen LogP contribution in [0, 0.1) is 0 Å². The summed E-state index contributed by atoms with van der Waals surface area (Å²) in [6.07, 6.45) is 0.675. The predicted molar refractivity (Wildman–Crippen MR) is 74.2 cm³/mol. The lowest BCUT2D eigenvalue weighted by molar-refractivity contribution is 0.0656. The van der Waals surface area contributed by atoms with E-state index in [2.05, 4.69) is 0 Å². The van der Waals surface area contributed by atoms with Gasteiger partial charge in [-0.2, -0.15) is 11.3 Å². The van der Waals surface area contributed by atoms with Crippen LogP contribution in [0.4, 0.5) is 5.69 Å². The number of nitrogens with zero attached hydrogens (tertiary/aromatic N) is 1. The van der Waals surface area contributed by atoms with Crippen molar-refractivity contribution < 1.29 is 9.59 Å². The second kappa shape index (κ2) is 4.51. The summed E-state index contributed by atoms with van der Waals surface area (Å²) >= 11 is 1.61. The molecule has 2 amide bonds. The molecule has 0 spiro atoms. The molecule has 1 aliphatic rings. The number of carbonyl (C=O) groups excluding carboxylic acids is 2. The van der Waals surface area contributed by atoms with Gasteiger partial charge in [-0.3, -0.25) is 14.5 Å². The monoisotopic (exact) mass is 272 g/mol. The Balaban J connectivity index is 1.84. The third-order valence-corrected chi connectivity index (χ3v) is 3.97. The van der Waals surface area contributed by atoms with Crippen LogP contribution in [0.25, 0.3) is 0 Å². The van der Waals surface area contributed by atoms with Crippen LogP contribution in [0.1, 0.15) is 26.3 Å². The van der Waals surface area contributed by atoms with Gasteiger partial charge in [0.15, 0.2) is 0 Å². The largest absolute Gasteiger partial charge is 0.398 e. The third kappa shape index (κ3) is 1.92. The highest BCUT2D eigenvalue weighted by Crippen LogP contribution is 2.27. The van der Waals surface area contributed by atoms with Crippen molar-refractivity contribution in [2.75, 3.05) is 12.3 Å². The number of imide groups is 1. The maximum absolute atomic E-state index is 12.2. The maximum Gasteiger partial charge on any atom is 0.263 e. The van der Waals surface area contributed by atoms with Crippen molar-refractivity contribution >= 4 is 28.8 Å². The topological polar surface area (TPSA) is 63.4 Å². The molecule has 3 rings (SSSR count). The molecule has 0 unspecified atom stereocenters. The van der Waals surface area contributed by atoms with Crippen molar-refractivity contribution in [2.24, 2.45) is 0 Å². The van der Waals surface area contributed by atoms with Gasteiger partial charge in [0.05, 0.1) is 11.1 Å². The predicted octanol–water partition coefficient (Wildman–Crippen LogP) is 2.17. The lowest BCUT2D eigenvalue weighted by Crippen LogP contribution is -2.31. The van der Waals surface area contributed by atoms with Crippen LogP contribution in [-0.2, 0) is 6.42 Å². The molecule has 5 heteroatoms. The highest BCUT2D eigenvalue weighted by molar-refractivity contribution is 7.07. The summed E-state index contributed by atoms with van der Waals surface area (Å²) in [5.41, 5.74) is 8.04. The Bertz CT molecular complexity index is 649. The molecule has 4 nitrogen and oxygen atoms in total. The van der Waals surface area contributed by atoms with Gasteiger partial charge in [0.25, 0.3) is 11.8 Å². The van der Waals surface area contributed by atoms with Crippen LogP contribution in [0.5, 0.6) is 0 Å². The van der Waals surface area contributed by atoms with Gasteiger partial charge in [0.1, 0.15) is 0 Å². The fourth-order valence-electron chi connectivity index (χ4n) is 2.24. The van der Waals surface area contributed by atoms with Gasteiger partial charge in [0.2, 0.25) is 0 Å². The fourth-order valence-corrected chi connectivity index (χ4v) is 2.94. The molecule has 0 aliphatic carbocycles. The first kappa shape index (κ1) is 11.9. The van der Waals surface area contributed by atoms with E-state index in [9.17, 15) is 9.59 Å². The molecule has 0 radical (unpaired) electrons. The first-order chi connectivity index (χ1) is 9.18. The van der Waals surface area contributed by atoms with Crippen molar-refractivity contribution in [3.05, 3.63) is 51.7 Å². The van der Waals surface area contributed by atoms with E-state index in [4.69, 9.17) is 5.73 Å². The lowest BCUT2D eigenvalue weighted by atomic mass is 10.1. The minimum absolute atomic E-state index is 0.248. The molecule has 0 saturated carbocycles. The minimum atomic E-state index is -0.284. The number of amides is 2. The number of thiophene rings is 1. The molecule has 96 valence electrons. The SMILES string of the molecule is Nc1cccc2c1C(=O)N(CCc1ccsc1)C2=O. The van der Waals surface area contributed by atoms with Crippen molar-refractivity contribution in [3.63, 3.8) is 0 Å². The van der Waals surface area contributed by atoms with Gasteiger partial charge >= 0.3 is 0 Å². The second-order valence-electron chi connectivity index (χ2n) is 4.41. The first-order valence-electron chi connectivity index (χ1n) is 5.94. The number of hydrogen-bond donors (Lipinski definition) is 1. The van der Waals surface area contributed by atoms with E-state index in [1.54, 1.807) is 29.5 Å². The van der Waals surface area contributed by atoms with Gasteiger partial charge in [0, 0.05) is 12.2 Å². The summed E-state index contributed by atoms with van der Waals surface area (Å²) in [7, 11) is 0. The van der Waals surface area contributed by atoms with E-state index in [1.165, 1.54) is 4.90 Å². The minimum Gasteiger partial charge on any atom is -0.398 e. The summed E-state index contributed by atoms with van der Waals surface area (Å²) < 4.78 is 0. The van der Waals surface area contributed by atoms with Gasteiger partial charge < -0.3 is 5.73 Å². The summed E-state index contributed by atoms with van der Waals surface area (Å²) in [5, 5.41) is 4.00. The van der Waals surface area contributed by atoms with Crippen LogP contribution in [0.2, 0.25) is 0 Å². The average molecular weight is 272 g/mol. The smallest absolute Gasteiger partial charge is 0.263 e. The molecular formula is C14H12N2O2S. The molecule has 19 heavy (non-hydrogen) atoms. The van der Waals surface area contributed by atoms with E-state index in [0.717, 1.165) is 5.56 Å². The standard InChI is InChI=1S/C14H12N2O2S/c15-11-3-1-2-10-12(11)14(18)16(13(10)17)6-4-9-5-7-19-8-9/h1-3,5,7-8H,4,6,15H2. The molecule has 1 aliphatic heterocycles. The highest BCUT2D eigenvalue weighted by atomic mass is 32.1. The normalized spacial score (nSPS) is 14.0. The number of rotatable bonds is 3. The summed E-state index contributed by atoms with van der Waals surface area (Å²) in [4.78, 5) is 25.7. The molecule has 2 heterocycles. The molecule has 0 fully saturated rings. The zero-order valence-electron chi connectivity index (χ0n) is 10.1. The molecular weight excluding hydrogens is 260 g/mol. The second-order valence-corrected chi connectivity index (χ2v) is 5.19. The molecule has 2 N–H and O–H groups in total. The van der Waals surface area contributed by atoms with E-state index >= 15 is 0 Å². The van der Waals surface area contributed by atoms with Crippen molar-refractivity contribution in [1.82, 2.24) is 4.90 Å². The summed E-state index contributed by atoms with van der Waals surface area (Å²) in [6, 6.07) is 6.99. The van der Waals surface area contributed by atoms with Gasteiger partial charge in [-0.25, -0.2) is 0 Å². The molecule has 1 aromatic heterocycles. The Morgan fingerprint density at radius 1 is 1.16 bits per heavy atom. The maximum atomic E-state index is 12.2. The number of anilines is 1. The van der Waals surface area contributed by atoms with Crippen molar-refractivity contribution in [3.8, 4) is 0 Å². The third-order valence-electron chi connectivity index (χ3n) is 3.24. The molecule has 2 aromatic rings. The molecule has 0 saturated heterocycles. The Morgan fingerprint density at radius 3 is 2.68 bits per heavy atom. The number of hydrogen-bond acceptors (Lipinski definition) is 4. The molecule has 1 aromatic carbocycles. The van der Waals surface area contributed by atoms with E-state index < -0.39 is 0 Å². The van der Waals surface area contributed by atoms with Crippen LogP contribution < -0.4 is 5.73 Å². The van der Waals surface area contributed by atoms with Crippen LogP contribution >= 0.6 is 11.3 Å². The highest BCUT2D eigenvalue weighted by Gasteiger charge is 2.36. The van der Waals surface area contributed by atoms with E-state index in [1.807, 2.05) is 16.8 Å². The number of nitrogens with two attached hydrogens (primary N) is 1. The van der Waals surface area contributed by atoms with Crippen molar-refractivity contribution in [1.29, 1.82) is 0 Å². The lowest BCUT2D eigenvalue weighted by Gasteiger charge is -2.12. The van der Waals surface area contributed by atoms with Crippen LogP contribution in [0.15, 0.2) is 35.0 Å². The Hall–Kier alpha value is -2.14. The number of fused-ring (bicyclic) bond motifs is 1. The van der Waals surface area contributed by atoms with Crippen LogP contribution in [-0.4, -0.2) is 23.3 Å². The summed E-state index contributed by atoms with van der Waals surface area (Å²) in [6.45, 7) is 0.391. The zero-order chi connectivity index (χ0) is 13.4. The Labute approximate surface area is 114 Å². The molecule has 0 atom stereocenters. The quantitative estimate of drug-likeness (QED) is 0.688. The Morgan fingerprint density at radius 2 is 2.00 bits per heavy atom. The van der Waals surface area contributed by atoms with E-state index in [0.29, 0.717) is 29.8 Å². The van der Waals surface area contributed by atoms with Gasteiger partial charge in [-0.1, -0.05) is 6.07 Å². The first-order valence-corrected chi connectivity index (χ1v) is 6.88. The zero-order valence-corrected chi connectivity index (χ0v) is 10.9. The number of carbonyl (C=O) groups is 2. The van der Waals surface area contributed by atoms with Crippen molar-refractivity contribution in [2.45, 2.75) is 6.42 Å². The number of nitrogen functional groups attached to an aromatic ring is 1. The Kier molecular flexibility index (Phi) is 2.83. The fraction of sp³-hybridized carbons (Fsp3) is 0.143. The summed E-state index contributed by atoms with van der Waals surface area (Å²) in [5.74, 6) is -0.532. The van der Waals surface area contributed by atoms with Crippen LogP contribution in [0.3, 0.4) is 0 Å². The van der Waals surface area contributed by atoms with Gasteiger partial charge in [-0.15, -0.1) is 0 Å². The number of benzene rings is 1. The van der Waals surface area contributed by atoms with E-state index in [-0.39, 0.29) is 11.8 Å².